The normalized spacial score (nSPS) is 11.4. The lowest BCUT2D eigenvalue weighted by Gasteiger charge is -2.17. The second-order valence-corrected chi connectivity index (χ2v) is 5.74. The maximum atomic E-state index is 12.1. The summed E-state index contributed by atoms with van der Waals surface area (Å²) in [6, 6.07) is 12.5. The number of aromatic hydroxyl groups is 2. The van der Waals surface area contributed by atoms with Gasteiger partial charge in [-0.3, -0.25) is 0 Å². The van der Waals surface area contributed by atoms with Crippen LogP contribution < -0.4 is 10.6 Å². The van der Waals surface area contributed by atoms with E-state index in [1.54, 1.807) is 6.07 Å². The molecule has 0 aliphatic carbocycles. The largest absolute Gasteiger partial charge is 0.504 e. The molecule has 7 nitrogen and oxygen atoms in total. The molecule has 2 rings (SSSR count). The van der Waals surface area contributed by atoms with Crippen molar-refractivity contribution in [3.8, 4) is 11.5 Å². The third-order valence-corrected chi connectivity index (χ3v) is 3.81. The molecule has 0 spiro atoms. The fraction of sp³-hybridized carbons (Fsp3) is 0.263. The summed E-state index contributed by atoms with van der Waals surface area (Å²) in [6.45, 7) is 0.301. The smallest absolute Gasteiger partial charge is 0.328 e. The Balaban J connectivity index is 1.86. The maximum absolute atomic E-state index is 12.1. The van der Waals surface area contributed by atoms with Crippen LogP contribution in [-0.2, 0) is 22.4 Å². The molecule has 2 aromatic carbocycles. The first-order valence-electron chi connectivity index (χ1n) is 8.16. The molecular formula is C19H22N2O5. The van der Waals surface area contributed by atoms with Crippen LogP contribution in [-0.4, -0.2) is 41.9 Å². The highest BCUT2D eigenvalue weighted by atomic mass is 16.5. The number of hydrogen-bond donors (Lipinski definition) is 4. The topological polar surface area (TPSA) is 108 Å². The second-order valence-electron chi connectivity index (χ2n) is 5.74. The maximum Gasteiger partial charge on any atom is 0.328 e. The van der Waals surface area contributed by atoms with Crippen LogP contribution in [0.3, 0.4) is 0 Å². The minimum absolute atomic E-state index is 0.193. The average molecular weight is 358 g/mol. The lowest BCUT2D eigenvalue weighted by molar-refractivity contribution is -0.142. The van der Waals surface area contributed by atoms with E-state index >= 15 is 0 Å². The molecule has 0 saturated heterocycles. The number of esters is 1. The van der Waals surface area contributed by atoms with Crippen LogP contribution >= 0.6 is 0 Å². The van der Waals surface area contributed by atoms with Crippen molar-refractivity contribution >= 4 is 12.0 Å². The van der Waals surface area contributed by atoms with Crippen molar-refractivity contribution in [3.63, 3.8) is 0 Å². The number of urea groups is 1. The molecule has 4 N–H and O–H groups in total. The summed E-state index contributed by atoms with van der Waals surface area (Å²) in [6.07, 6.45) is 0.787. The zero-order chi connectivity index (χ0) is 18.9. The molecule has 0 aromatic heterocycles. The van der Waals surface area contributed by atoms with Gasteiger partial charge >= 0.3 is 12.0 Å². The average Bonchev–Trinajstić information content (AvgIpc) is 2.64. The lowest BCUT2D eigenvalue weighted by Crippen LogP contribution is -2.48. The number of phenols is 2. The van der Waals surface area contributed by atoms with Crippen LogP contribution in [0, 0.1) is 0 Å². The molecule has 26 heavy (non-hydrogen) atoms. The van der Waals surface area contributed by atoms with Crippen LogP contribution in [0.2, 0.25) is 0 Å². The van der Waals surface area contributed by atoms with E-state index < -0.39 is 18.0 Å². The van der Waals surface area contributed by atoms with Gasteiger partial charge in [0.15, 0.2) is 11.5 Å². The summed E-state index contributed by atoms with van der Waals surface area (Å²) in [7, 11) is 1.28. The van der Waals surface area contributed by atoms with Crippen molar-refractivity contribution in [2.75, 3.05) is 13.7 Å². The second kappa shape index (κ2) is 9.31. The van der Waals surface area contributed by atoms with E-state index in [0.717, 1.165) is 11.1 Å². The molecule has 138 valence electrons. The van der Waals surface area contributed by atoms with Crippen molar-refractivity contribution in [3.05, 3.63) is 59.7 Å². The molecule has 7 heteroatoms. The molecule has 0 unspecified atom stereocenters. The quantitative estimate of drug-likeness (QED) is 0.445. The summed E-state index contributed by atoms with van der Waals surface area (Å²) < 4.78 is 4.75. The van der Waals surface area contributed by atoms with Crippen molar-refractivity contribution in [1.29, 1.82) is 0 Å². The number of methoxy groups -OCH3 is 1. The summed E-state index contributed by atoms with van der Waals surface area (Å²) >= 11 is 0. The van der Waals surface area contributed by atoms with Crippen molar-refractivity contribution in [2.24, 2.45) is 0 Å². The number of rotatable bonds is 7. The minimum Gasteiger partial charge on any atom is -0.504 e. The number of benzene rings is 2. The number of carbonyl (C=O) groups excluding carboxylic acids is 2. The van der Waals surface area contributed by atoms with Crippen molar-refractivity contribution in [2.45, 2.75) is 18.9 Å². The number of hydrogen-bond acceptors (Lipinski definition) is 5. The number of phenolic OH excluding ortho intramolecular Hbond substituents is 2. The molecule has 0 heterocycles. The van der Waals surface area contributed by atoms with Gasteiger partial charge < -0.3 is 25.6 Å². The van der Waals surface area contributed by atoms with E-state index in [-0.39, 0.29) is 11.5 Å². The van der Waals surface area contributed by atoms with Gasteiger partial charge in [-0.25, -0.2) is 9.59 Å². The Kier molecular flexibility index (Phi) is 6.84. The van der Waals surface area contributed by atoms with E-state index in [1.807, 2.05) is 30.3 Å². The van der Waals surface area contributed by atoms with E-state index in [0.29, 0.717) is 19.4 Å². The Morgan fingerprint density at radius 1 is 1.04 bits per heavy atom. The van der Waals surface area contributed by atoms with Gasteiger partial charge in [-0.15, -0.1) is 0 Å². The van der Waals surface area contributed by atoms with E-state index in [4.69, 9.17) is 4.74 Å². The Hall–Kier alpha value is -3.22. The fourth-order valence-corrected chi connectivity index (χ4v) is 2.44. The highest BCUT2D eigenvalue weighted by Crippen LogP contribution is 2.24. The minimum atomic E-state index is -0.792. The van der Waals surface area contributed by atoms with Crippen LogP contribution in [0.5, 0.6) is 11.5 Å². The zero-order valence-corrected chi connectivity index (χ0v) is 14.4. The van der Waals surface area contributed by atoms with Gasteiger partial charge in [-0.1, -0.05) is 36.4 Å². The molecule has 0 aliphatic heterocycles. The van der Waals surface area contributed by atoms with Gasteiger partial charge in [-0.05, 0) is 29.7 Å². The first kappa shape index (κ1) is 19.1. The van der Waals surface area contributed by atoms with Crippen molar-refractivity contribution in [1.82, 2.24) is 10.6 Å². The predicted molar refractivity (Wildman–Crippen MR) is 96.0 cm³/mol. The summed E-state index contributed by atoms with van der Waals surface area (Å²) in [5.74, 6) is -0.922. The Bertz CT molecular complexity index is 749. The molecule has 2 aromatic rings. The summed E-state index contributed by atoms with van der Waals surface area (Å²) in [5.41, 5.74) is 1.66. The molecule has 0 bridgehead atoms. The Labute approximate surface area is 151 Å². The van der Waals surface area contributed by atoms with Crippen LogP contribution in [0.25, 0.3) is 0 Å². The molecular weight excluding hydrogens is 336 g/mol. The molecule has 0 fully saturated rings. The third-order valence-electron chi connectivity index (χ3n) is 3.81. The third kappa shape index (κ3) is 5.70. The molecule has 0 saturated carbocycles. The van der Waals surface area contributed by atoms with E-state index in [1.165, 1.54) is 19.2 Å². The Morgan fingerprint density at radius 2 is 1.77 bits per heavy atom. The van der Waals surface area contributed by atoms with E-state index in [9.17, 15) is 19.8 Å². The van der Waals surface area contributed by atoms with Crippen molar-refractivity contribution < 1.29 is 24.5 Å². The zero-order valence-electron chi connectivity index (χ0n) is 14.4. The molecule has 0 aliphatic rings. The number of carbonyl (C=O) groups is 2. The van der Waals surface area contributed by atoms with Crippen LogP contribution in [0.15, 0.2) is 48.5 Å². The SMILES string of the molecule is COC(=O)[C@H](Cc1ccccc1)NC(=O)NCCc1ccc(O)c(O)c1. The molecule has 2 amide bonds. The molecule has 1 atom stereocenters. The Morgan fingerprint density at radius 3 is 2.42 bits per heavy atom. The first-order chi connectivity index (χ1) is 12.5. The molecule has 0 radical (unpaired) electrons. The van der Waals surface area contributed by atoms with Gasteiger partial charge in [0.05, 0.1) is 7.11 Å². The fourth-order valence-electron chi connectivity index (χ4n) is 2.44. The van der Waals surface area contributed by atoms with Gasteiger partial charge in [0.2, 0.25) is 0 Å². The van der Waals surface area contributed by atoms with Gasteiger partial charge in [0.25, 0.3) is 0 Å². The number of nitrogens with one attached hydrogen (secondary N) is 2. The van der Waals surface area contributed by atoms with Gasteiger partial charge in [0, 0.05) is 13.0 Å². The monoisotopic (exact) mass is 358 g/mol. The highest BCUT2D eigenvalue weighted by Gasteiger charge is 2.21. The van der Waals surface area contributed by atoms with Crippen LogP contribution in [0.4, 0.5) is 4.79 Å². The van der Waals surface area contributed by atoms with Gasteiger partial charge in [0.1, 0.15) is 6.04 Å². The highest BCUT2D eigenvalue weighted by molar-refractivity contribution is 5.83. The predicted octanol–water partition coefficient (Wildman–Crippen LogP) is 1.72. The number of ether oxygens (including phenoxy) is 1. The summed E-state index contributed by atoms with van der Waals surface area (Å²) in [4.78, 5) is 24.0. The standard InChI is InChI=1S/C19H22N2O5/c1-26-18(24)15(11-13-5-3-2-4-6-13)21-19(25)20-10-9-14-7-8-16(22)17(23)12-14/h2-8,12,15,22-23H,9-11H2,1H3,(H2,20,21,25)/t15-/m0/s1. The van der Waals surface area contributed by atoms with Crippen LogP contribution in [0.1, 0.15) is 11.1 Å². The number of amides is 2. The van der Waals surface area contributed by atoms with Gasteiger partial charge in [-0.2, -0.15) is 0 Å². The summed E-state index contributed by atoms with van der Waals surface area (Å²) in [5, 5.41) is 24.0. The lowest BCUT2D eigenvalue weighted by atomic mass is 10.1. The first-order valence-corrected chi connectivity index (χ1v) is 8.16. The van der Waals surface area contributed by atoms with E-state index in [2.05, 4.69) is 10.6 Å².